The van der Waals surface area contributed by atoms with E-state index in [4.69, 9.17) is 0 Å². The maximum absolute atomic E-state index is 2.37. The fraction of sp³-hybridized carbons (Fsp3) is 0.0400. The van der Waals surface area contributed by atoms with Gasteiger partial charge in [-0.25, -0.2) is 0 Å². The molecule has 0 nitrogen and oxygen atoms in total. The Bertz CT molecular complexity index is 1150. The van der Waals surface area contributed by atoms with Crippen LogP contribution in [0.1, 0.15) is 22.3 Å². The lowest BCUT2D eigenvalue weighted by molar-refractivity contribution is 0.794. The summed E-state index contributed by atoms with van der Waals surface area (Å²) in [5, 5.41) is 0. The monoisotopic (exact) mass is 340 g/mol. The maximum Gasteiger partial charge on any atom is 0.139 e. The Morgan fingerprint density at radius 1 is 0.444 bits per heavy atom. The lowest BCUT2D eigenvalue weighted by Gasteiger charge is -2.30. The number of hydrogen-bond donors (Lipinski definition) is 0. The Morgan fingerprint density at radius 3 is 1.33 bits per heavy atom. The summed E-state index contributed by atoms with van der Waals surface area (Å²) in [6.45, 7) is 0. The number of fused-ring (bicyclic) bond motifs is 10. The third-order valence-corrected chi connectivity index (χ3v) is 6.40. The SMILES string of the molecule is Bc1ccc2c(c1)-c1cc(B)ccc1C21c2ccccc2-c2ccccc21. The van der Waals surface area contributed by atoms with Crippen molar-refractivity contribution in [1.29, 1.82) is 0 Å². The second kappa shape index (κ2) is 5.04. The van der Waals surface area contributed by atoms with Crippen molar-refractivity contribution in [3.05, 3.63) is 107 Å². The molecule has 0 N–H and O–H groups in total. The van der Waals surface area contributed by atoms with Crippen molar-refractivity contribution in [1.82, 2.24) is 0 Å². The molecule has 2 aliphatic rings. The second-order valence-corrected chi connectivity index (χ2v) is 7.94. The molecule has 2 aliphatic carbocycles. The third-order valence-electron chi connectivity index (χ3n) is 6.40. The highest BCUT2D eigenvalue weighted by atomic mass is 14.5. The van der Waals surface area contributed by atoms with Gasteiger partial charge in [0.25, 0.3) is 0 Å². The van der Waals surface area contributed by atoms with Crippen molar-refractivity contribution in [3.8, 4) is 22.3 Å². The van der Waals surface area contributed by atoms with E-state index in [1.165, 1.54) is 55.4 Å². The van der Waals surface area contributed by atoms with Crippen LogP contribution in [0.15, 0.2) is 84.9 Å². The summed E-state index contributed by atoms with van der Waals surface area (Å²) in [6, 6.07) is 31.9. The van der Waals surface area contributed by atoms with Gasteiger partial charge >= 0.3 is 0 Å². The fourth-order valence-electron chi connectivity index (χ4n) is 5.38. The van der Waals surface area contributed by atoms with Crippen molar-refractivity contribution < 1.29 is 0 Å². The Balaban J connectivity index is 1.86. The zero-order valence-corrected chi connectivity index (χ0v) is 15.6. The molecule has 4 aromatic rings. The zero-order valence-electron chi connectivity index (χ0n) is 15.6. The van der Waals surface area contributed by atoms with E-state index in [2.05, 4.69) is 101 Å². The average Bonchev–Trinajstić information content (AvgIpc) is 3.14. The van der Waals surface area contributed by atoms with Crippen molar-refractivity contribution >= 4 is 26.6 Å². The average molecular weight is 340 g/mol. The molecule has 1 spiro atoms. The number of hydrogen-bond acceptors (Lipinski definition) is 0. The maximum atomic E-state index is 2.37. The van der Waals surface area contributed by atoms with Crippen molar-refractivity contribution in [2.24, 2.45) is 0 Å². The molecule has 6 rings (SSSR count). The van der Waals surface area contributed by atoms with Gasteiger partial charge in [-0.1, -0.05) is 95.9 Å². The molecule has 0 amide bonds. The van der Waals surface area contributed by atoms with Gasteiger partial charge in [-0.2, -0.15) is 0 Å². The quantitative estimate of drug-likeness (QED) is 0.373. The van der Waals surface area contributed by atoms with Crippen LogP contribution < -0.4 is 10.9 Å². The van der Waals surface area contributed by atoms with Gasteiger partial charge in [0.2, 0.25) is 0 Å². The molecule has 0 fully saturated rings. The lowest BCUT2D eigenvalue weighted by Crippen LogP contribution is -2.26. The lowest BCUT2D eigenvalue weighted by atomic mass is 9.70. The summed E-state index contributed by atoms with van der Waals surface area (Å²) < 4.78 is 0. The molecule has 2 heteroatoms. The summed E-state index contributed by atoms with van der Waals surface area (Å²) in [7, 11) is 4.38. The molecule has 4 aromatic carbocycles. The molecular formula is C25H18B2. The smallest absolute Gasteiger partial charge is 0.0883 e. The van der Waals surface area contributed by atoms with E-state index in [-0.39, 0.29) is 5.41 Å². The minimum absolute atomic E-state index is 0.195. The van der Waals surface area contributed by atoms with Gasteiger partial charge in [-0.3, -0.25) is 0 Å². The van der Waals surface area contributed by atoms with E-state index >= 15 is 0 Å². The van der Waals surface area contributed by atoms with E-state index < -0.39 is 0 Å². The van der Waals surface area contributed by atoms with E-state index in [0.717, 1.165) is 0 Å². The predicted octanol–water partition coefficient (Wildman–Crippen LogP) is 2.55. The normalized spacial score (nSPS) is 14.5. The largest absolute Gasteiger partial charge is 0.139 e. The molecule has 0 aliphatic heterocycles. The molecule has 124 valence electrons. The standard InChI is InChI=1S/C25H18B2/c26-15-9-11-23-19(13-15)20-14-16(27)10-12-24(20)25(23)21-7-3-1-5-17(21)18-6-2-4-8-22(18)25/h1-14H,26-27H2. The zero-order chi connectivity index (χ0) is 18.2. The molecule has 0 atom stereocenters. The Kier molecular flexibility index (Phi) is 2.82. The van der Waals surface area contributed by atoms with Gasteiger partial charge in [0.05, 0.1) is 5.41 Å². The third kappa shape index (κ3) is 1.71. The minimum Gasteiger partial charge on any atom is -0.0883 e. The highest BCUT2D eigenvalue weighted by Gasteiger charge is 2.51. The Labute approximate surface area is 161 Å². The summed E-state index contributed by atoms with van der Waals surface area (Å²) in [5.41, 5.74) is 13.6. The predicted molar refractivity (Wildman–Crippen MR) is 119 cm³/mol. The van der Waals surface area contributed by atoms with Crippen molar-refractivity contribution in [3.63, 3.8) is 0 Å². The molecule has 27 heavy (non-hydrogen) atoms. The first-order valence-corrected chi connectivity index (χ1v) is 9.63. The molecule has 0 saturated carbocycles. The first kappa shape index (κ1) is 15.1. The van der Waals surface area contributed by atoms with Crippen LogP contribution in [0, 0.1) is 0 Å². The van der Waals surface area contributed by atoms with Crippen LogP contribution in [0.4, 0.5) is 0 Å². The Morgan fingerprint density at radius 2 is 0.852 bits per heavy atom. The first-order valence-electron chi connectivity index (χ1n) is 9.63. The molecule has 0 unspecified atom stereocenters. The van der Waals surface area contributed by atoms with Crippen LogP contribution in [0.5, 0.6) is 0 Å². The van der Waals surface area contributed by atoms with Crippen LogP contribution in [0.2, 0.25) is 0 Å². The van der Waals surface area contributed by atoms with Crippen LogP contribution in [-0.2, 0) is 5.41 Å². The molecule has 0 bridgehead atoms. The van der Waals surface area contributed by atoms with Crippen molar-refractivity contribution in [2.75, 3.05) is 0 Å². The second-order valence-electron chi connectivity index (χ2n) is 7.94. The molecular weight excluding hydrogens is 322 g/mol. The molecule has 0 radical (unpaired) electrons. The summed E-state index contributed by atoms with van der Waals surface area (Å²) in [5.74, 6) is 0. The number of benzene rings is 4. The fourth-order valence-corrected chi connectivity index (χ4v) is 5.38. The van der Waals surface area contributed by atoms with E-state index in [9.17, 15) is 0 Å². The van der Waals surface area contributed by atoms with E-state index in [1.54, 1.807) is 0 Å². The number of rotatable bonds is 0. The van der Waals surface area contributed by atoms with Gasteiger partial charge in [0, 0.05) is 0 Å². The molecule has 0 heterocycles. The summed E-state index contributed by atoms with van der Waals surface area (Å²) >= 11 is 0. The Hall–Kier alpha value is -2.99. The van der Waals surface area contributed by atoms with Crippen LogP contribution in [0.3, 0.4) is 0 Å². The molecule has 0 saturated heterocycles. The minimum atomic E-state index is -0.195. The van der Waals surface area contributed by atoms with Crippen LogP contribution in [-0.4, -0.2) is 15.7 Å². The first-order chi connectivity index (χ1) is 13.2. The highest BCUT2D eigenvalue weighted by molar-refractivity contribution is 6.33. The van der Waals surface area contributed by atoms with Gasteiger partial charge in [0.15, 0.2) is 0 Å². The summed E-state index contributed by atoms with van der Waals surface area (Å²) in [6.07, 6.45) is 0. The van der Waals surface area contributed by atoms with E-state index in [0.29, 0.717) is 0 Å². The summed E-state index contributed by atoms with van der Waals surface area (Å²) in [4.78, 5) is 0. The molecule has 0 aromatic heterocycles. The van der Waals surface area contributed by atoms with Crippen LogP contribution in [0.25, 0.3) is 22.3 Å². The van der Waals surface area contributed by atoms with E-state index in [1.807, 2.05) is 0 Å². The van der Waals surface area contributed by atoms with Gasteiger partial charge in [-0.15, -0.1) is 0 Å². The van der Waals surface area contributed by atoms with Gasteiger partial charge in [-0.05, 0) is 44.5 Å². The van der Waals surface area contributed by atoms with Gasteiger partial charge in [0.1, 0.15) is 15.7 Å². The van der Waals surface area contributed by atoms with Crippen molar-refractivity contribution in [2.45, 2.75) is 5.41 Å². The van der Waals surface area contributed by atoms with Gasteiger partial charge < -0.3 is 0 Å². The topological polar surface area (TPSA) is 0 Å². The highest BCUT2D eigenvalue weighted by Crippen LogP contribution is 2.62. The van der Waals surface area contributed by atoms with Crippen LogP contribution >= 0.6 is 0 Å².